The van der Waals surface area contributed by atoms with Gasteiger partial charge in [0, 0.05) is 6.54 Å². The Morgan fingerprint density at radius 1 is 1.31 bits per heavy atom. The predicted octanol–water partition coefficient (Wildman–Crippen LogP) is 0.168. The molecule has 0 spiro atoms. The first-order valence-electron chi connectivity index (χ1n) is 4.78. The second-order valence-electron chi connectivity index (χ2n) is 3.56. The van der Waals surface area contributed by atoms with E-state index in [1.165, 1.54) is 25.7 Å². The average molecular weight is 184 g/mol. The summed E-state index contributed by atoms with van der Waals surface area (Å²) >= 11 is 0. The van der Waals surface area contributed by atoms with E-state index in [4.69, 9.17) is 5.73 Å². The fraction of sp³-hybridized carbons (Fsp3) is 0.778. The van der Waals surface area contributed by atoms with Crippen LogP contribution in [0.15, 0.2) is 0 Å². The smallest absolute Gasteiger partial charge is 0.309 e. The van der Waals surface area contributed by atoms with Crippen LogP contribution in [0.3, 0.4) is 0 Å². The van der Waals surface area contributed by atoms with Crippen molar-refractivity contribution in [3.8, 4) is 0 Å². The largest absolute Gasteiger partial charge is 0.361 e. The van der Waals surface area contributed by atoms with Gasteiger partial charge in [-0.1, -0.05) is 25.7 Å². The summed E-state index contributed by atoms with van der Waals surface area (Å²) in [5.41, 5.74) is 4.78. The number of hydrogen-bond acceptors (Lipinski definition) is 2. The molecule has 13 heavy (non-hydrogen) atoms. The van der Waals surface area contributed by atoms with Gasteiger partial charge in [0.05, 0.1) is 0 Å². The minimum atomic E-state index is -0.897. The Bertz CT molecular complexity index is 198. The van der Waals surface area contributed by atoms with Gasteiger partial charge in [-0.15, -0.1) is 0 Å². The fourth-order valence-corrected chi connectivity index (χ4v) is 1.78. The van der Waals surface area contributed by atoms with Crippen LogP contribution in [-0.2, 0) is 9.59 Å². The lowest BCUT2D eigenvalue weighted by Crippen LogP contribution is -2.36. The summed E-state index contributed by atoms with van der Waals surface area (Å²) in [7, 11) is 0. The molecule has 0 aromatic carbocycles. The number of rotatable bonds is 3. The molecule has 0 heterocycles. The minimum Gasteiger partial charge on any atom is -0.361 e. The number of primary amides is 1. The van der Waals surface area contributed by atoms with Gasteiger partial charge in [0.15, 0.2) is 0 Å². The lowest BCUT2D eigenvalue weighted by Gasteiger charge is -2.08. The zero-order chi connectivity index (χ0) is 9.68. The van der Waals surface area contributed by atoms with E-state index in [0.717, 1.165) is 12.3 Å². The quantitative estimate of drug-likeness (QED) is 0.614. The van der Waals surface area contributed by atoms with E-state index in [2.05, 4.69) is 5.32 Å². The maximum absolute atomic E-state index is 10.7. The zero-order valence-corrected chi connectivity index (χ0v) is 7.71. The van der Waals surface area contributed by atoms with E-state index < -0.39 is 11.8 Å². The molecular weight excluding hydrogens is 168 g/mol. The summed E-state index contributed by atoms with van der Waals surface area (Å²) in [6, 6.07) is 0. The summed E-state index contributed by atoms with van der Waals surface area (Å²) in [5.74, 6) is -0.836. The molecule has 4 heteroatoms. The first-order chi connectivity index (χ1) is 6.20. The molecule has 1 rings (SSSR count). The molecule has 0 aromatic rings. The number of carbonyl (C=O) groups excluding carboxylic acids is 2. The van der Waals surface area contributed by atoms with Crippen LogP contribution < -0.4 is 11.1 Å². The third kappa shape index (κ3) is 3.44. The Hall–Kier alpha value is -1.06. The molecule has 3 N–H and O–H groups in total. The summed E-state index contributed by atoms with van der Waals surface area (Å²) in [5, 5.41) is 2.50. The van der Waals surface area contributed by atoms with Crippen LogP contribution in [-0.4, -0.2) is 18.4 Å². The Labute approximate surface area is 77.9 Å². The molecule has 0 radical (unpaired) electrons. The van der Waals surface area contributed by atoms with Crippen molar-refractivity contribution in [2.75, 3.05) is 6.54 Å². The summed E-state index contributed by atoms with van der Waals surface area (Å²) < 4.78 is 0. The predicted molar refractivity (Wildman–Crippen MR) is 48.8 cm³/mol. The fourth-order valence-electron chi connectivity index (χ4n) is 1.78. The molecule has 1 aliphatic rings. The zero-order valence-electron chi connectivity index (χ0n) is 7.71. The highest BCUT2D eigenvalue weighted by atomic mass is 16.2. The molecule has 0 saturated heterocycles. The molecule has 0 unspecified atom stereocenters. The van der Waals surface area contributed by atoms with Gasteiger partial charge in [-0.25, -0.2) is 0 Å². The van der Waals surface area contributed by atoms with Crippen LogP contribution >= 0.6 is 0 Å². The van der Waals surface area contributed by atoms with Gasteiger partial charge in [0.1, 0.15) is 0 Å². The molecular formula is C9H16N2O2. The number of hydrogen-bond donors (Lipinski definition) is 2. The molecule has 1 aliphatic carbocycles. The second kappa shape index (κ2) is 4.84. The van der Waals surface area contributed by atoms with Gasteiger partial charge in [0.25, 0.3) is 0 Å². The van der Waals surface area contributed by atoms with Crippen LogP contribution in [0.1, 0.15) is 32.1 Å². The van der Waals surface area contributed by atoms with Gasteiger partial charge in [-0.3, -0.25) is 9.59 Å². The van der Waals surface area contributed by atoms with Gasteiger partial charge >= 0.3 is 11.8 Å². The van der Waals surface area contributed by atoms with Gasteiger partial charge in [-0.05, 0) is 12.3 Å². The number of amides is 2. The second-order valence-corrected chi connectivity index (χ2v) is 3.56. The van der Waals surface area contributed by atoms with E-state index in [0.29, 0.717) is 6.54 Å². The van der Waals surface area contributed by atoms with E-state index in [1.807, 2.05) is 0 Å². The van der Waals surface area contributed by atoms with Gasteiger partial charge in [0.2, 0.25) is 0 Å². The monoisotopic (exact) mass is 184 g/mol. The van der Waals surface area contributed by atoms with Crippen molar-refractivity contribution >= 4 is 11.8 Å². The minimum absolute atomic E-state index is 0.576. The van der Waals surface area contributed by atoms with Crippen molar-refractivity contribution < 1.29 is 9.59 Å². The number of nitrogens with two attached hydrogens (primary N) is 1. The van der Waals surface area contributed by atoms with Crippen molar-refractivity contribution in [1.29, 1.82) is 0 Å². The van der Waals surface area contributed by atoms with E-state index in [9.17, 15) is 9.59 Å². The average Bonchev–Trinajstić information content (AvgIpc) is 2.56. The molecule has 0 atom stereocenters. The lowest BCUT2D eigenvalue weighted by molar-refractivity contribution is -0.137. The summed E-state index contributed by atoms with van der Waals surface area (Å²) in [6.07, 6.45) is 6.08. The molecule has 1 saturated carbocycles. The number of carbonyl (C=O) groups is 2. The van der Waals surface area contributed by atoms with Crippen LogP contribution in [0.5, 0.6) is 0 Å². The standard InChI is InChI=1S/C9H16N2O2/c10-8(12)9(13)11-6-5-7-3-1-2-4-7/h7H,1-6H2,(H2,10,12)(H,11,13). The SMILES string of the molecule is NC(=O)C(=O)NCCC1CCCC1. The maximum atomic E-state index is 10.7. The van der Waals surface area contributed by atoms with E-state index in [-0.39, 0.29) is 0 Å². The lowest BCUT2D eigenvalue weighted by atomic mass is 10.0. The maximum Gasteiger partial charge on any atom is 0.309 e. The van der Waals surface area contributed by atoms with Crippen LogP contribution in [0, 0.1) is 5.92 Å². The topological polar surface area (TPSA) is 72.2 Å². The highest BCUT2D eigenvalue weighted by Gasteiger charge is 2.15. The van der Waals surface area contributed by atoms with E-state index in [1.54, 1.807) is 0 Å². The van der Waals surface area contributed by atoms with Crippen LogP contribution in [0.4, 0.5) is 0 Å². The normalized spacial score (nSPS) is 17.2. The van der Waals surface area contributed by atoms with Gasteiger partial charge in [-0.2, -0.15) is 0 Å². The molecule has 74 valence electrons. The van der Waals surface area contributed by atoms with Gasteiger partial charge < -0.3 is 11.1 Å². The Morgan fingerprint density at radius 3 is 2.46 bits per heavy atom. The molecule has 1 fully saturated rings. The Balaban J connectivity index is 2.06. The van der Waals surface area contributed by atoms with E-state index >= 15 is 0 Å². The third-order valence-electron chi connectivity index (χ3n) is 2.54. The van der Waals surface area contributed by atoms with Crippen LogP contribution in [0.2, 0.25) is 0 Å². The van der Waals surface area contributed by atoms with Crippen molar-refractivity contribution in [2.45, 2.75) is 32.1 Å². The number of nitrogens with one attached hydrogen (secondary N) is 1. The molecule has 0 bridgehead atoms. The van der Waals surface area contributed by atoms with Crippen molar-refractivity contribution in [3.63, 3.8) is 0 Å². The van der Waals surface area contributed by atoms with Crippen LogP contribution in [0.25, 0.3) is 0 Å². The third-order valence-corrected chi connectivity index (χ3v) is 2.54. The first kappa shape index (κ1) is 10.0. The van der Waals surface area contributed by atoms with Crippen molar-refractivity contribution in [2.24, 2.45) is 11.7 Å². The Kier molecular flexibility index (Phi) is 3.73. The molecule has 0 aromatic heterocycles. The summed E-state index contributed by atoms with van der Waals surface area (Å²) in [6.45, 7) is 0.576. The molecule has 2 amide bonds. The highest BCUT2D eigenvalue weighted by Crippen LogP contribution is 2.26. The molecule has 0 aliphatic heterocycles. The van der Waals surface area contributed by atoms with Crippen molar-refractivity contribution in [1.82, 2.24) is 5.32 Å². The highest BCUT2D eigenvalue weighted by molar-refractivity contribution is 6.34. The summed E-state index contributed by atoms with van der Waals surface area (Å²) in [4.78, 5) is 21.1. The molecule has 4 nitrogen and oxygen atoms in total. The Morgan fingerprint density at radius 2 is 1.92 bits per heavy atom. The van der Waals surface area contributed by atoms with Crippen molar-refractivity contribution in [3.05, 3.63) is 0 Å². The first-order valence-corrected chi connectivity index (χ1v) is 4.78.